The van der Waals surface area contributed by atoms with E-state index in [0.717, 1.165) is 122 Å². The summed E-state index contributed by atoms with van der Waals surface area (Å²) in [5.41, 5.74) is 17.5. The van der Waals surface area contributed by atoms with Gasteiger partial charge in [-0.3, -0.25) is 4.79 Å². The van der Waals surface area contributed by atoms with Crippen molar-refractivity contribution >= 4 is 50.8 Å². The van der Waals surface area contributed by atoms with Crippen molar-refractivity contribution in [2.45, 2.75) is 111 Å². The van der Waals surface area contributed by atoms with E-state index in [1.54, 1.807) is 21.6 Å². The molecular formula is C56H62N6O6S2. The first-order valence-corrected chi connectivity index (χ1v) is 27.5. The number of carbonyl (C=O) groups excluding carboxylic acids is 2. The molecule has 0 amide bonds. The summed E-state index contributed by atoms with van der Waals surface area (Å²) >= 11 is 0. The molecule has 3 unspecified atom stereocenters. The van der Waals surface area contributed by atoms with Crippen LogP contribution in [0.1, 0.15) is 110 Å². The second-order valence-corrected chi connectivity index (χ2v) is 22.0. The maximum absolute atomic E-state index is 13.3. The normalized spacial score (nSPS) is 22.9. The molecule has 2 N–H and O–H groups in total. The van der Waals surface area contributed by atoms with Crippen LogP contribution in [0, 0.1) is 17.8 Å². The second kappa shape index (κ2) is 20.5. The number of nitrogens with zero attached hydrogens (tertiary/aromatic N) is 5. The number of nitrogens with one attached hydrogen (secondary N) is 1. The third-order valence-corrected chi connectivity index (χ3v) is 17.7. The number of ether oxygens (including phenoxy) is 3. The summed E-state index contributed by atoms with van der Waals surface area (Å²) in [5.74, 6) is 1.50. The van der Waals surface area contributed by atoms with Crippen molar-refractivity contribution < 1.29 is 28.9 Å². The maximum atomic E-state index is 13.3. The molecule has 70 heavy (non-hydrogen) atoms. The number of carbonyl (C=O) groups is 2. The van der Waals surface area contributed by atoms with E-state index in [1.165, 1.54) is 17.5 Å². The van der Waals surface area contributed by atoms with E-state index in [1.807, 2.05) is 31.6 Å². The van der Waals surface area contributed by atoms with Gasteiger partial charge in [-0.2, -0.15) is 0 Å². The standard InChI is InChI=1S/C56H62N6O6S2/c1-7-36-31(3)42-25-44-33(5)38(54(60-44)41-24-50(63)53-34(6)45(61-55(41)53)27-47-37(8-2)32(4)43(59-47)26-46(36)58-42)18-19-52(64)66-20-22-69-70-23-21-67-56(65)68-51(35-14-10-9-11-15-35)28-48-39-16-12-13-17-40(39)49-29-57-30-62(48)49/h7,12-13,16-17,25-27,29-30,33,35,38,48,51,60,63H,1,8-11,14-15,18-24,28H2,2-6H3/t33-,38?,48?,51?/m1/s1. The zero-order valence-electron chi connectivity index (χ0n) is 40.8. The fourth-order valence-electron chi connectivity index (χ4n) is 11.6. The summed E-state index contributed by atoms with van der Waals surface area (Å²) in [5, 5.41) is 15.2. The molecule has 7 heterocycles. The summed E-state index contributed by atoms with van der Waals surface area (Å²) in [6.07, 6.45) is 19.3. The molecular weight excluding hydrogens is 917 g/mol. The van der Waals surface area contributed by atoms with E-state index in [-0.39, 0.29) is 49.6 Å². The van der Waals surface area contributed by atoms with Gasteiger partial charge < -0.3 is 29.2 Å². The van der Waals surface area contributed by atoms with Crippen LogP contribution in [0.25, 0.3) is 11.3 Å². The van der Waals surface area contributed by atoms with Gasteiger partial charge in [-0.25, -0.2) is 24.8 Å². The molecule has 10 rings (SSSR count). The summed E-state index contributed by atoms with van der Waals surface area (Å²) in [6.45, 7) is 15.2. The van der Waals surface area contributed by atoms with Crippen molar-refractivity contribution in [2.24, 2.45) is 32.7 Å². The summed E-state index contributed by atoms with van der Waals surface area (Å²) in [4.78, 5) is 46.3. The Kier molecular flexibility index (Phi) is 14.0. The van der Waals surface area contributed by atoms with Crippen molar-refractivity contribution in [2.75, 3.05) is 24.7 Å². The molecule has 1 saturated carbocycles. The number of benzene rings is 1. The Balaban J connectivity index is 0.739. The van der Waals surface area contributed by atoms with Gasteiger partial charge >= 0.3 is 12.1 Å². The Morgan fingerprint density at radius 1 is 0.957 bits per heavy atom. The number of esters is 1. The van der Waals surface area contributed by atoms with Crippen molar-refractivity contribution in [3.8, 4) is 11.3 Å². The number of fused-ring (bicyclic) bond motifs is 8. The lowest BCUT2D eigenvalue weighted by molar-refractivity contribution is -0.143. The number of hydrogen-bond acceptors (Lipinski definition) is 13. The van der Waals surface area contributed by atoms with Crippen LogP contribution in [-0.4, -0.2) is 74.7 Å². The topological polar surface area (TPSA) is 149 Å². The van der Waals surface area contributed by atoms with Gasteiger partial charge in [0, 0.05) is 76.3 Å². The zero-order valence-corrected chi connectivity index (χ0v) is 42.4. The first-order chi connectivity index (χ1) is 34.0. The number of imidazole rings is 1. The SMILES string of the molecule is C=CC1=C(C)C2=NC1=CC1=NC(=CC3=C(C)C4=C(O)CC(=C5NC(=C2)[C@H](C)C5CCC(=O)OCCSSCCOC(=O)OC(CC2c5ccccc5-c5cncn52)C2CCCCC2)C4=N3)C(CC)=C1C. The monoisotopic (exact) mass is 978 g/mol. The average Bonchev–Trinajstić information content (AvgIpc) is 4.23. The molecule has 1 aromatic heterocycles. The number of aliphatic hydroxyl groups is 1. The fraction of sp³-hybridized carbons (Fsp3) is 0.429. The zero-order chi connectivity index (χ0) is 48.6. The average molecular weight is 979 g/mol. The van der Waals surface area contributed by atoms with Gasteiger partial charge in [-0.1, -0.05) is 91.6 Å². The molecule has 12 nitrogen and oxygen atoms in total. The van der Waals surface area contributed by atoms with Crippen LogP contribution in [0.2, 0.25) is 0 Å². The van der Waals surface area contributed by atoms with Crippen molar-refractivity contribution in [3.05, 3.63) is 146 Å². The largest absolute Gasteiger partial charge is 0.511 e. The molecule has 0 radical (unpaired) electrons. The predicted molar refractivity (Wildman–Crippen MR) is 281 cm³/mol. The lowest BCUT2D eigenvalue weighted by Gasteiger charge is -2.31. The van der Waals surface area contributed by atoms with Gasteiger partial charge in [0.15, 0.2) is 0 Å². The Hall–Kier alpha value is -5.86. The number of aliphatic imine (C=N–C) groups is 3. The molecule has 2 aromatic rings. The molecule has 6 aliphatic heterocycles. The summed E-state index contributed by atoms with van der Waals surface area (Å²) < 4.78 is 19.7. The van der Waals surface area contributed by atoms with Crippen LogP contribution in [-0.2, 0) is 19.0 Å². The lowest BCUT2D eigenvalue weighted by atomic mass is 9.82. The Bertz CT molecular complexity index is 2900. The van der Waals surface area contributed by atoms with Gasteiger partial charge in [0.2, 0.25) is 0 Å². The number of hydrogen-bond donors (Lipinski definition) is 2. The molecule has 1 aromatic carbocycles. The van der Waals surface area contributed by atoms with E-state index >= 15 is 0 Å². The molecule has 1 saturated heterocycles. The van der Waals surface area contributed by atoms with Gasteiger partial charge in [-0.05, 0) is 98.5 Å². The van der Waals surface area contributed by atoms with Crippen LogP contribution < -0.4 is 5.32 Å². The third kappa shape index (κ3) is 9.17. The molecule has 0 spiro atoms. The third-order valence-electron chi connectivity index (χ3n) is 15.3. The highest BCUT2D eigenvalue weighted by Gasteiger charge is 2.42. The summed E-state index contributed by atoms with van der Waals surface area (Å²) in [6, 6.07) is 8.50. The Morgan fingerprint density at radius 3 is 2.50 bits per heavy atom. The molecule has 8 bridgehead atoms. The van der Waals surface area contributed by atoms with Crippen LogP contribution in [0.15, 0.2) is 156 Å². The minimum atomic E-state index is -0.615. The van der Waals surface area contributed by atoms with E-state index < -0.39 is 6.16 Å². The number of aliphatic hydroxyl groups excluding tert-OH is 1. The first-order valence-electron chi connectivity index (χ1n) is 25.0. The highest BCUT2D eigenvalue weighted by atomic mass is 33.1. The van der Waals surface area contributed by atoms with E-state index in [9.17, 15) is 14.7 Å². The molecule has 4 atom stereocenters. The van der Waals surface area contributed by atoms with Crippen molar-refractivity contribution in [3.63, 3.8) is 0 Å². The number of rotatable bonds is 16. The highest BCUT2D eigenvalue weighted by molar-refractivity contribution is 8.76. The molecule has 14 heteroatoms. The molecule has 2 aliphatic carbocycles. The second-order valence-electron chi connectivity index (χ2n) is 19.3. The van der Waals surface area contributed by atoms with Crippen LogP contribution in [0.5, 0.6) is 0 Å². The lowest BCUT2D eigenvalue weighted by Crippen LogP contribution is -2.31. The van der Waals surface area contributed by atoms with Gasteiger partial charge in [0.05, 0.1) is 58.5 Å². The first kappa shape index (κ1) is 47.8. The molecule has 364 valence electrons. The summed E-state index contributed by atoms with van der Waals surface area (Å²) in [7, 11) is 3.16. The maximum Gasteiger partial charge on any atom is 0.508 e. The van der Waals surface area contributed by atoms with Gasteiger partial charge in [0.1, 0.15) is 25.1 Å². The quantitative estimate of drug-likeness (QED) is 0.0946. The van der Waals surface area contributed by atoms with Crippen LogP contribution in [0.4, 0.5) is 4.79 Å². The highest BCUT2D eigenvalue weighted by Crippen LogP contribution is 2.47. The van der Waals surface area contributed by atoms with E-state index in [4.69, 9.17) is 29.2 Å². The van der Waals surface area contributed by atoms with Crippen LogP contribution >= 0.6 is 21.6 Å². The smallest absolute Gasteiger partial charge is 0.508 e. The van der Waals surface area contributed by atoms with Crippen LogP contribution in [0.3, 0.4) is 0 Å². The molecule has 8 aliphatic rings. The minimum absolute atomic E-state index is 0.0168. The van der Waals surface area contributed by atoms with Gasteiger partial charge in [0.25, 0.3) is 0 Å². The van der Waals surface area contributed by atoms with Gasteiger partial charge in [-0.15, -0.1) is 0 Å². The number of allylic oxidation sites excluding steroid dienone is 12. The Labute approximate surface area is 418 Å². The minimum Gasteiger partial charge on any atom is -0.511 e. The predicted octanol–water partition coefficient (Wildman–Crippen LogP) is 12.5. The van der Waals surface area contributed by atoms with Crippen molar-refractivity contribution in [1.82, 2.24) is 14.9 Å². The molecule has 2 fully saturated rings. The number of aromatic nitrogens is 2. The fourth-order valence-corrected chi connectivity index (χ4v) is 13.2. The van der Waals surface area contributed by atoms with E-state index in [2.05, 4.69) is 85.6 Å². The van der Waals surface area contributed by atoms with E-state index in [0.29, 0.717) is 42.4 Å². The van der Waals surface area contributed by atoms with Crippen molar-refractivity contribution in [1.29, 1.82) is 0 Å². The Morgan fingerprint density at radius 2 is 1.71 bits per heavy atom.